The molecule has 0 saturated heterocycles. The second kappa shape index (κ2) is 9.25. The number of nitrogens with two attached hydrogens (primary N) is 1. The van der Waals surface area contributed by atoms with Crippen molar-refractivity contribution in [3.63, 3.8) is 0 Å². The molecule has 8 nitrogen and oxygen atoms in total. The van der Waals surface area contributed by atoms with E-state index in [4.69, 9.17) is 10.5 Å². The van der Waals surface area contributed by atoms with Gasteiger partial charge in [0.15, 0.2) is 0 Å². The van der Waals surface area contributed by atoms with E-state index in [0.29, 0.717) is 17.1 Å². The number of aromatic nitrogens is 3. The molecule has 0 amide bonds. The molecule has 0 saturated carbocycles. The highest BCUT2D eigenvalue weighted by Gasteiger charge is 2.19. The Labute approximate surface area is 192 Å². The zero-order valence-electron chi connectivity index (χ0n) is 18.1. The van der Waals surface area contributed by atoms with Crippen LogP contribution in [0.5, 0.6) is 11.6 Å². The summed E-state index contributed by atoms with van der Waals surface area (Å²) >= 11 is 0. The number of hydrogen-bond donors (Lipinski definition) is 2. The highest BCUT2D eigenvalue weighted by Crippen LogP contribution is 2.31. The van der Waals surface area contributed by atoms with Crippen LogP contribution in [0.3, 0.4) is 0 Å². The van der Waals surface area contributed by atoms with Crippen LogP contribution >= 0.6 is 0 Å². The zero-order chi connectivity index (χ0) is 23.4. The number of sulfonamides is 1. The maximum absolute atomic E-state index is 12.9. The van der Waals surface area contributed by atoms with Crippen LogP contribution < -0.4 is 15.2 Å². The SMILES string of the molecule is CC(C)c1ccccc1-c1cc(Oc2cccnc2)nc(NS(=O)(=O)c2cccc(N)c2)n1. The molecular weight excluding hydrogens is 438 g/mol. The number of nitrogens with zero attached hydrogens (tertiary/aromatic N) is 3. The Morgan fingerprint density at radius 3 is 2.52 bits per heavy atom. The summed E-state index contributed by atoms with van der Waals surface area (Å²) in [6.07, 6.45) is 3.17. The average Bonchev–Trinajstić information content (AvgIpc) is 2.79. The average molecular weight is 462 g/mol. The van der Waals surface area contributed by atoms with Gasteiger partial charge >= 0.3 is 0 Å². The summed E-state index contributed by atoms with van der Waals surface area (Å²) < 4.78 is 34.2. The Bertz CT molecular complexity index is 1380. The highest BCUT2D eigenvalue weighted by molar-refractivity contribution is 7.92. The molecule has 2 aromatic heterocycles. The Balaban J connectivity index is 1.80. The van der Waals surface area contributed by atoms with Crippen molar-refractivity contribution in [3.8, 4) is 22.9 Å². The summed E-state index contributed by atoms with van der Waals surface area (Å²) in [7, 11) is -3.97. The summed E-state index contributed by atoms with van der Waals surface area (Å²) in [4.78, 5) is 12.8. The van der Waals surface area contributed by atoms with Crippen molar-refractivity contribution in [2.24, 2.45) is 0 Å². The highest BCUT2D eigenvalue weighted by atomic mass is 32.2. The Morgan fingerprint density at radius 1 is 0.970 bits per heavy atom. The van der Waals surface area contributed by atoms with Gasteiger partial charge in [-0.1, -0.05) is 44.2 Å². The molecule has 2 aromatic carbocycles. The topological polar surface area (TPSA) is 120 Å². The lowest BCUT2D eigenvalue weighted by Crippen LogP contribution is -2.16. The lowest BCUT2D eigenvalue weighted by Gasteiger charge is -2.15. The molecule has 0 aliphatic rings. The van der Waals surface area contributed by atoms with Gasteiger partial charge in [0.1, 0.15) is 5.75 Å². The molecule has 168 valence electrons. The van der Waals surface area contributed by atoms with Gasteiger partial charge in [0.2, 0.25) is 11.8 Å². The minimum atomic E-state index is -3.97. The second-order valence-electron chi connectivity index (χ2n) is 7.63. The van der Waals surface area contributed by atoms with Crippen molar-refractivity contribution in [2.75, 3.05) is 10.5 Å². The van der Waals surface area contributed by atoms with Crippen LogP contribution in [0.15, 0.2) is 84.0 Å². The van der Waals surface area contributed by atoms with Gasteiger partial charge in [-0.3, -0.25) is 4.98 Å². The smallest absolute Gasteiger partial charge is 0.264 e. The van der Waals surface area contributed by atoms with E-state index in [-0.39, 0.29) is 22.6 Å². The molecule has 4 rings (SSSR count). The molecule has 33 heavy (non-hydrogen) atoms. The van der Waals surface area contributed by atoms with Crippen LogP contribution in [0.25, 0.3) is 11.3 Å². The fourth-order valence-corrected chi connectivity index (χ4v) is 4.28. The molecule has 9 heteroatoms. The van der Waals surface area contributed by atoms with E-state index in [9.17, 15) is 8.42 Å². The van der Waals surface area contributed by atoms with E-state index in [1.807, 2.05) is 24.3 Å². The number of rotatable bonds is 7. The summed E-state index contributed by atoms with van der Waals surface area (Å²) in [5.41, 5.74) is 8.53. The first-order chi connectivity index (χ1) is 15.8. The van der Waals surface area contributed by atoms with E-state index in [1.54, 1.807) is 42.7 Å². The van der Waals surface area contributed by atoms with Gasteiger partial charge in [-0.25, -0.2) is 18.1 Å². The molecular formula is C24H23N5O3S. The first-order valence-corrected chi connectivity index (χ1v) is 11.7. The van der Waals surface area contributed by atoms with Crippen molar-refractivity contribution in [2.45, 2.75) is 24.7 Å². The third-order valence-electron chi connectivity index (χ3n) is 4.81. The fraction of sp³-hybridized carbons (Fsp3) is 0.125. The minimum Gasteiger partial charge on any atom is -0.437 e. The van der Waals surface area contributed by atoms with Crippen LogP contribution in [0.1, 0.15) is 25.3 Å². The number of ether oxygens (including phenoxy) is 1. The van der Waals surface area contributed by atoms with E-state index in [0.717, 1.165) is 11.1 Å². The molecule has 0 aliphatic carbocycles. The zero-order valence-corrected chi connectivity index (χ0v) is 19.0. The molecule has 0 spiro atoms. The maximum Gasteiger partial charge on any atom is 0.264 e. The number of anilines is 2. The largest absolute Gasteiger partial charge is 0.437 e. The predicted octanol–water partition coefficient (Wildman–Crippen LogP) is 4.84. The van der Waals surface area contributed by atoms with Crippen molar-refractivity contribution in [3.05, 3.63) is 84.7 Å². The molecule has 0 unspecified atom stereocenters. The Morgan fingerprint density at radius 2 is 1.79 bits per heavy atom. The molecule has 0 aliphatic heterocycles. The van der Waals surface area contributed by atoms with Gasteiger partial charge in [-0.05, 0) is 41.8 Å². The molecule has 0 fully saturated rings. The number of hydrogen-bond acceptors (Lipinski definition) is 7. The summed E-state index contributed by atoms with van der Waals surface area (Å²) in [6, 6.07) is 18.9. The molecule has 0 bridgehead atoms. The molecule has 0 atom stereocenters. The lowest BCUT2D eigenvalue weighted by molar-refractivity contribution is 0.460. The predicted molar refractivity (Wildman–Crippen MR) is 128 cm³/mol. The van der Waals surface area contributed by atoms with Crippen molar-refractivity contribution >= 4 is 21.7 Å². The summed E-state index contributed by atoms with van der Waals surface area (Å²) in [6.45, 7) is 4.16. The lowest BCUT2D eigenvalue weighted by atomic mass is 9.95. The normalized spacial score (nSPS) is 11.4. The maximum atomic E-state index is 12.9. The monoisotopic (exact) mass is 461 g/mol. The van der Waals surface area contributed by atoms with Gasteiger partial charge in [-0.2, -0.15) is 4.98 Å². The van der Waals surface area contributed by atoms with Crippen LogP contribution in [0, 0.1) is 0 Å². The van der Waals surface area contributed by atoms with Gasteiger partial charge < -0.3 is 10.5 Å². The van der Waals surface area contributed by atoms with Gasteiger partial charge in [-0.15, -0.1) is 0 Å². The number of nitrogens with one attached hydrogen (secondary N) is 1. The van der Waals surface area contributed by atoms with E-state index >= 15 is 0 Å². The molecule has 4 aromatic rings. The number of nitrogen functional groups attached to an aromatic ring is 1. The van der Waals surface area contributed by atoms with Gasteiger partial charge in [0.25, 0.3) is 10.0 Å². The standard InChI is InChI=1S/C24H23N5O3S/c1-16(2)20-10-3-4-11-21(20)22-14-23(32-18-8-6-12-26-15-18)28-24(27-22)29-33(30,31)19-9-5-7-17(25)13-19/h3-16H,25H2,1-2H3,(H,27,28,29). The third kappa shape index (κ3) is 5.27. The van der Waals surface area contributed by atoms with Crippen molar-refractivity contribution in [1.29, 1.82) is 0 Å². The summed E-state index contributed by atoms with van der Waals surface area (Å²) in [5, 5.41) is 0. The molecule has 3 N–H and O–H groups in total. The Hall–Kier alpha value is -3.98. The first-order valence-electron chi connectivity index (χ1n) is 10.3. The second-order valence-corrected chi connectivity index (χ2v) is 9.31. The third-order valence-corrected chi connectivity index (χ3v) is 6.14. The first kappa shape index (κ1) is 22.2. The van der Waals surface area contributed by atoms with Crippen molar-refractivity contribution in [1.82, 2.24) is 15.0 Å². The molecule has 0 radical (unpaired) electrons. The Kier molecular flexibility index (Phi) is 6.23. The summed E-state index contributed by atoms with van der Waals surface area (Å²) in [5.74, 6) is 0.749. The van der Waals surface area contributed by atoms with Gasteiger partial charge in [0.05, 0.1) is 16.8 Å². The van der Waals surface area contributed by atoms with Crippen molar-refractivity contribution < 1.29 is 13.2 Å². The number of benzene rings is 2. The van der Waals surface area contributed by atoms with Crippen LogP contribution in [-0.4, -0.2) is 23.4 Å². The molecule has 2 heterocycles. The van der Waals surface area contributed by atoms with Crippen LogP contribution in [0.2, 0.25) is 0 Å². The van der Waals surface area contributed by atoms with E-state index in [2.05, 4.69) is 33.5 Å². The van der Waals surface area contributed by atoms with Gasteiger partial charge in [0, 0.05) is 23.5 Å². The quantitative estimate of drug-likeness (QED) is 0.378. The van der Waals surface area contributed by atoms with Crippen LogP contribution in [0.4, 0.5) is 11.6 Å². The fourth-order valence-electron chi connectivity index (χ4n) is 3.28. The van der Waals surface area contributed by atoms with Crippen LogP contribution in [-0.2, 0) is 10.0 Å². The van der Waals surface area contributed by atoms with E-state index in [1.165, 1.54) is 12.1 Å². The number of pyridine rings is 1. The minimum absolute atomic E-state index is 0.00816. The van der Waals surface area contributed by atoms with E-state index < -0.39 is 10.0 Å².